The molecule has 4 N–H and O–H groups in total. The highest BCUT2D eigenvalue weighted by molar-refractivity contribution is 5.89. The van der Waals surface area contributed by atoms with Crippen molar-refractivity contribution in [2.24, 2.45) is 0 Å². The SMILES string of the molecule is O=C(O)c1cc(OCCNCOOCc2ccccc2)c(OCCNCOOCc2ccccc2)c(OCCNCOOCc2ccccc2)c1. The minimum absolute atomic E-state index is 0.0225. The van der Waals surface area contributed by atoms with Gasteiger partial charge in [-0.3, -0.25) is 16.0 Å². The van der Waals surface area contributed by atoms with Crippen molar-refractivity contribution in [2.75, 3.05) is 59.6 Å². The average Bonchev–Trinajstić information content (AvgIpc) is 3.16. The lowest BCUT2D eigenvalue weighted by Crippen LogP contribution is -2.25. The summed E-state index contributed by atoms with van der Waals surface area (Å²) >= 11 is 0. The van der Waals surface area contributed by atoms with E-state index in [1.54, 1.807) is 0 Å². The zero-order valence-corrected chi connectivity index (χ0v) is 28.3. The van der Waals surface area contributed by atoms with Gasteiger partial charge in [-0.1, -0.05) is 91.0 Å². The van der Waals surface area contributed by atoms with Gasteiger partial charge in [0, 0.05) is 19.6 Å². The first-order chi connectivity index (χ1) is 25.2. The van der Waals surface area contributed by atoms with Crippen LogP contribution in [0.4, 0.5) is 0 Å². The monoisotopic (exact) mass is 707 g/mol. The minimum Gasteiger partial charge on any atom is -0.488 e. The molecule has 0 fully saturated rings. The van der Waals surface area contributed by atoms with Gasteiger partial charge in [-0.2, -0.15) is 0 Å². The lowest BCUT2D eigenvalue weighted by Gasteiger charge is -2.18. The number of aromatic carboxylic acids is 1. The number of hydrogen-bond donors (Lipinski definition) is 4. The van der Waals surface area contributed by atoms with Crippen LogP contribution in [0.2, 0.25) is 0 Å². The Kier molecular flexibility index (Phi) is 18.8. The van der Waals surface area contributed by atoms with Gasteiger partial charge in [-0.25, -0.2) is 34.1 Å². The number of ether oxygens (including phenoxy) is 3. The van der Waals surface area contributed by atoms with Crippen molar-refractivity contribution < 1.29 is 53.4 Å². The smallest absolute Gasteiger partial charge is 0.335 e. The second-order valence-electron chi connectivity index (χ2n) is 10.7. The number of carbonyl (C=O) groups is 1. The highest BCUT2D eigenvalue weighted by Crippen LogP contribution is 2.39. The average molecular weight is 708 g/mol. The third kappa shape index (κ3) is 16.3. The van der Waals surface area contributed by atoms with Crippen molar-refractivity contribution in [3.8, 4) is 17.2 Å². The second-order valence-corrected chi connectivity index (χ2v) is 10.7. The molecule has 4 aromatic carbocycles. The van der Waals surface area contributed by atoms with Crippen LogP contribution in [0.15, 0.2) is 103 Å². The Hall–Kier alpha value is -4.61. The van der Waals surface area contributed by atoms with E-state index in [4.69, 9.17) is 43.5 Å². The van der Waals surface area contributed by atoms with Crippen LogP contribution in [0.1, 0.15) is 27.0 Å². The standard InChI is InChI=1S/C37H45N3O11/c41-37(42)33-22-34(43-19-16-38-27-49-46-24-30-10-4-1-5-11-30)36(45-21-18-40-29-51-48-26-32-14-8-3-9-15-32)35(23-33)44-20-17-39-28-50-47-25-31-12-6-2-7-13-31/h1-15,22-23,38-40H,16-21,24-29H2,(H,41,42). The Labute approximate surface area is 297 Å². The first kappa shape index (κ1) is 39.2. The summed E-state index contributed by atoms with van der Waals surface area (Å²) < 4.78 is 18.0. The summed E-state index contributed by atoms with van der Waals surface area (Å²) in [6.45, 7) is 3.01. The van der Waals surface area contributed by atoms with E-state index in [0.29, 0.717) is 39.5 Å². The molecule has 51 heavy (non-hydrogen) atoms. The van der Waals surface area contributed by atoms with Gasteiger partial charge in [-0.15, -0.1) is 0 Å². The molecule has 4 rings (SSSR count). The zero-order chi connectivity index (χ0) is 35.6. The second kappa shape index (κ2) is 24.5. The quantitative estimate of drug-likeness (QED) is 0.0281. The van der Waals surface area contributed by atoms with E-state index in [-0.39, 0.29) is 62.8 Å². The molecule has 0 saturated carbocycles. The molecule has 0 aromatic heterocycles. The highest BCUT2D eigenvalue weighted by atomic mass is 17.2. The molecule has 0 atom stereocenters. The van der Waals surface area contributed by atoms with Crippen molar-refractivity contribution >= 4 is 5.97 Å². The molecule has 0 radical (unpaired) electrons. The Bertz CT molecular complexity index is 1430. The van der Waals surface area contributed by atoms with E-state index in [2.05, 4.69) is 16.0 Å². The fourth-order valence-electron chi connectivity index (χ4n) is 4.27. The first-order valence-electron chi connectivity index (χ1n) is 16.5. The van der Waals surface area contributed by atoms with Gasteiger partial charge in [0.2, 0.25) is 5.75 Å². The molecular formula is C37H45N3O11. The Balaban J connectivity index is 1.23. The van der Waals surface area contributed by atoms with E-state index in [1.807, 2.05) is 91.0 Å². The lowest BCUT2D eigenvalue weighted by atomic mass is 10.2. The molecule has 0 saturated heterocycles. The maximum atomic E-state index is 12.0. The minimum atomic E-state index is -1.14. The van der Waals surface area contributed by atoms with E-state index >= 15 is 0 Å². The molecule has 0 aliphatic carbocycles. The summed E-state index contributed by atoms with van der Waals surface area (Å²) in [5, 5.41) is 18.9. The van der Waals surface area contributed by atoms with Crippen LogP contribution >= 0.6 is 0 Å². The summed E-state index contributed by atoms with van der Waals surface area (Å²) in [6, 6.07) is 31.8. The highest BCUT2D eigenvalue weighted by Gasteiger charge is 2.19. The number of hydrogen-bond acceptors (Lipinski definition) is 13. The van der Waals surface area contributed by atoms with E-state index in [9.17, 15) is 9.90 Å². The fraction of sp³-hybridized carbons (Fsp3) is 0.324. The van der Waals surface area contributed by atoms with Gasteiger partial charge in [0.05, 0.1) is 5.56 Å². The number of carboxylic acids is 1. The molecule has 0 spiro atoms. The summed E-state index contributed by atoms with van der Waals surface area (Å²) in [4.78, 5) is 43.2. The van der Waals surface area contributed by atoms with E-state index in [1.165, 1.54) is 12.1 Å². The van der Waals surface area contributed by atoms with Crippen LogP contribution in [-0.4, -0.2) is 70.7 Å². The number of rotatable bonds is 28. The molecule has 0 bridgehead atoms. The van der Waals surface area contributed by atoms with E-state index < -0.39 is 5.97 Å². The van der Waals surface area contributed by atoms with E-state index in [0.717, 1.165) is 16.7 Å². The number of nitrogens with one attached hydrogen (secondary N) is 3. The van der Waals surface area contributed by atoms with Gasteiger partial charge in [-0.05, 0) is 28.8 Å². The number of carboxylic acid groups (broad SMARTS) is 1. The molecule has 0 aliphatic heterocycles. The van der Waals surface area contributed by atoms with Gasteiger partial charge < -0.3 is 19.3 Å². The molecule has 4 aromatic rings. The normalized spacial score (nSPS) is 11.0. The van der Waals surface area contributed by atoms with Gasteiger partial charge in [0.25, 0.3) is 0 Å². The predicted octanol–water partition coefficient (Wildman–Crippen LogP) is 4.61. The first-order valence-corrected chi connectivity index (χ1v) is 16.5. The van der Waals surface area contributed by atoms with Crippen LogP contribution < -0.4 is 30.2 Å². The molecule has 0 heterocycles. The van der Waals surface area contributed by atoms with Gasteiger partial charge in [0.15, 0.2) is 11.5 Å². The number of benzene rings is 4. The van der Waals surface area contributed by atoms with Gasteiger partial charge in [0.1, 0.15) is 59.8 Å². The van der Waals surface area contributed by atoms with Crippen molar-refractivity contribution in [1.82, 2.24) is 16.0 Å². The van der Waals surface area contributed by atoms with Crippen LogP contribution in [0.5, 0.6) is 17.2 Å². The zero-order valence-electron chi connectivity index (χ0n) is 28.3. The Morgan fingerprint density at radius 1 is 0.490 bits per heavy atom. The molecule has 14 nitrogen and oxygen atoms in total. The Morgan fingerprint density at radius 3 is 1.20 bits per heavy atom. The maximum absolute atomic E-state index is 12.0. The maximum Gasteiger partial charge on any atom is 0.335 e. The summed E-state index contributed by atoms with van der Waals surface area (Å²) in [7, 11) is 0. The molecule has 274 valence electrons. The topological polar surface area (TPSA) is 156 Å². The molecular weight excluding hydrogens is 662 g/mol. The summed E-state index contributed by atoms with van der Waals surface area (Å²) in [5.74, 6) is -0.468. The van der Waals surface area contributed by atoms with Crippen molar-refractivity contribution in [1.29, 1.82) is 0 Å². The van der Waals surface area contributed by atoms with Crippen molar-refractivity contribution in [3.63, 3.8) is 0 Å². The molecule has 0 unspecified atom stereocenters. The largest absolute Gasteiger partial charge is 0.488 e. The third-order valence-electron chi connectivity index (χ3n) is 6.80. The lowest BCUT2D eigenvalue weighted by molar-refractivity contribution is -0.307. The fourth-order valence-corrected chi connectivity index (χ4v) is 4.27. The molecule has 0 amide bonds. The summed E-state index contributed by atoms with van der Waals surface area (Å²) in [5.41, 5.74) is 2.94. The third-order valence-corrected chi connectivity index (χ3v) is 6.80. The van der Waals surface area contributed by atoms with Gasteiger partial charge >= 0.3 is 5.97 Å². The van der Waals surface area contributed by atoms with Crippen LogP contribution in [0.25, 0.3) is 0 Å². The van der Waals surface area contributed by atoms with Crippen molar-refractivity contribution in [2.45, 2.75) is 19.8 Å². The molecule has 14 heteroatoms. The Morgan fingerprint density at radius 2 is 0.843 bits per heavy atom. The predicted molar refractivity (Wildman–Crippen MR) is 185 cm³/mol. The van der Waals surface area contributed by atoms with Crippen LogP contribution in [-0.2, 0) is 49.1 Å². The van der Waals surface area contributed by atoms with Crippen LogP contribution in [0, 0.1) is 0 Å². The summed E-state index contributed by atoms with van der Waals surface area (Å²) in [6.07, 6.45) is 0. The molecule has 0 aliphatic rings. The van der Waals surface area contributed by atoms with Crippen molar-refractivity contribution in [3.05, 3.63) is 125 Å². The van der Waals surface area contributed by atoms with Crippen LogP contribution in [0.3, 0.4) is 0 Å².